The van der Waals surface area contributed by atoms with Crippen molar-refractivity contribution in [3.63, 3.8) is 0 Å². The zero-order valence-corrected chi connectivity index (χ0v) is 17.8. The molecule has 3 heterocycles. The number of nitrogens with zero attached hydrogens (tertiary/aromatic N) is 4. The van der Waals surface area contributed by atoms with Gasteiger partial charge in [0, 0.05) is 44.1 Å². The monoisotopic (exact) mass is 461 g/mol. The molecule has 12 heteroatoms. The highest BCUT2D eigenvalue weighted by atomic mass is 32.2. The number of aliphatic hydroxyl groups is 1. The van der Waals surface area contributed by atoms with E-state index in [-0.39, 0.29) is 42.6 Å². The van der Waals surface area contributed by atoms with Crippen molar-refractivity contribution in [3.8, 4) is 0 Å². The number of halogens is 4. The number of aryl methyl sites for hydroxylation is 1. The van der Waals surface area contributed by atoms with Gasteiger partial charge in [0.15, 0.2) is 0 Å². The van der Waals surface area contributed by atoms with Gasteiger partial charge < -0.3 is 15.3 Å². The maximum Gasteiger partial charge on any atom is 0.321 e. The number of pyridine rings is 1. The van der Waals surface area contributed by atoms with Crippen molar-refractivity contribution >= 4 is 23.5 Å². The summed E-state index contributed by atoms with van der Waals surface area (Å²) in [6.45, 7) is 1.76. The smallest absolute Gasteiger partial charge is 0.321 e. The Bertz CT molecular complexity index is 916. The number of aliphatic hydroxyl groups excluding tert-OH is 1. The molecule has 1 saturated heterocycles. The predicted octanol–water partition coefficient (Wildman–Crippen LogP) is 4.44. The van der Waals surface area contributed by atoms with Crippen LogP contribution in [0.1, 0.15) is 43.7 Å². The summed E-state index contributed by atoms with van der Waals surface area (Å²) < 4.78 is 56.7. The van der Waals surface area contributed by atoms with Crippen LogP contribution in [0.2, 0.25) is 0 Å². The van der Waals surface area contributed by atoms with Crippen LogP contribution in [0.15, 0.2) is 29.4 Å². The van der Waals surface area contributed by atoms with Crippen LogP contribution >= 0.6 is 11.8 Å². The number of rotatable bonds is 6. The number of carbonyl (C=O) groups excluding carboxylic acids is 1. The molecule has 2 amide bonds. The van der Waals surface area contributed by atoms with Gasteiger partial charge in [0.2, 0.25) is 0 Å². The quantitative estimate of drug-likeness (QED) is 0.491. The fourth-order valence-corrected chi connectivity index (χ4v) is 4.45. The summed E-state index contributed by atoms with van der Waals surface area (Å²) in [6, 6.07) is 2.66. The van der Waals surface area contributed by atoms with Crippen LogP contribution in [-0.2, 0) is 7.05 Å². The number of anilines is 1. The molecular formula is C19H23F4N5O2S. The molecule has 0 aliphatic carbocycles. The van der Waals surface area contributed by atoms with Crippen molar-refractivity contribution in [1.82, 2.24) is 19.7 Å². The Kier molecular flexibility index (Phi) is 7.10. The number of alkyl halides is 4. The molecule has 1 unspecified atom stereocenters. The third-order valence-corrected chi connectivity index (χ3v) is 6.13. The lowest BCUT2D eigenvalue weighted by atomic mass is 9.97. The van der Waals surface area contributed by atoms with Gasteiger partial charge in [-0.1, -0.05) is 0 Å². The van der Waals surface area contributed by atoms with Gasteiger partial charge in [-0.25, -0.2) is 13.6 Å². The Hall–Kier alpha value is -2.34. The summed E-state index contributed by atoms with van der Waals surface area (Å²) in [5.74, 6) is -1.06. The first-order valence-electron chi connectivity index (χ1n) is 9.65. The van der Waals surface area contributed by atoms with Gasteiger partial charge in [-0.05, 0) is 43.7 Å². The maximum atomic E-state index is 14.8. The summed E-state index contributed by atoms with van der Waals surface area (Å²) >= 11 is 0.0983. The molecule has 1 aliphatic rings. The number of urea groups is 1. The van der Waals surface area contributed by atoms with Crippen molar-refractivity contribution in [2.24, 2.45) is 13.0 Å². The van der Waals surface area contributed by atoms with Crippen LogP contribution in [0.5, 0.6) is 0 Å². The first kappa shape index (κ1) is 23.3. The number of carbonyl (C=O) groups is 1. The first-order valence-corrected chi connectivity index (χ1v) is 10.5. The number of hydrogen-bond donors (Lipinski definition) is 2. The van der Waals surface area contributed by atoms with E-state index in [0.29, 0.717) is 11.4 Å². The minimum atomic E-state index is -3.27. The number of piperidine rings is 1. The standard InChI is InChI=1S/C19H23F4N5O2S/c1-11(29)14-9-13(3-6-24-14)25-18(30)28-7-4-12(5-8-28)19(22,23)31-15-10-27(2)26-16(15)17(20)21/h3,6,9-12,17,29H,4-5,7-8H2,1-2H3,(H,24,25,30). The Morgan fingerprint density at radius 3 is 2.65 bits per heavy atom. The number of aromatic nitrogens is 3. The second-order valence-electron chi connectivity index (χ2n) is 7.35. The Labute approximate surface area is 180 Å². The van der Waals surface area contributed by atoms with Crippen molar-refractivity contribution in [3.05, 3.63) is 35.9 Å². The molecule has 1 fully saturated rings. The zero-order chi connectivity index (χ0) is 22.8. The molecule has 1 atom stereocenters. The number of likely N-dealkylation sites (tertiary alicyclic amines) is 1. The predicted molar refractivity (Wildman–Crippen MR) is 107 cm³/mol. The van der Waals surface area contributed by atoms with Crippen molar-refractivity contribution in [2.75, 3.05) is 18.4 Å². The molecule has 0 spiro atoms. The van der Waals surface area contributed by atoms with E-state index in [1.54, 1.807) is 13.0 Å². The van der Waals surface area contributed by atoms with Crippen LogP contribution in [-0.4, -0.2) is 49.1 Å². The maximum absolute atomic E-state index is 14.8. The molecular weight excluding hydrogens is 438 g/mol. The van der Waals surface area contributed by atoms with E-state index in [0.717, 1.165) is 4.68 Å². The Morgan fingerprint density at radius 1 is 1.35 bits per heavy atom. The van der Waals surface area contributed by atoms with Crippen LogP contribution in [0.3, 0.4) is 0 Å². The van der Waals surface area contributed by atoms with Gasteiger partial charge in [-0.2, -0.15) is 13.9 Å². The second-order valence-corrected chi connectivity index (χ2v) is 8.54. The molecule has 0 saturated carbocycles. The fourth-order valence-electron chi connectivity index (χ4n) is 3.32. The van der Waals surface area contributed by atoms with Crippen LogP contribution in [0.25, 0.3) is 0 Å². The first-order chi connectivity index (χ1) is 14.6. The minimum Gasteiger partial charge on any atom is -0.387 e. The van der Waals surface area contributed by atoms with Gasteiger partial charge in [0.25, 0.3) is 6.43 Å². The summed E-state index contributed by atoms with van der Waals surface area (Å²) in [5.41, 5.74) is 0.180. The van der Waals surface area contributed by atoms with Crippen LogP contribution in [0, 0.1) is 5.92 Å². The fraction of sp³-hybridized carbons (Fsp3) is 0.526. The average molecular weight is 461 g/mol. The Morgan fingerprint density at radius 2 is 2.03 bits per heavy atom. The number of amides is 2. The van der Waals surface area contributed by atoms with Crippen molar-refractivity contribution in [2.45, 2.75) is 42.4 Å². The minimum absolute atomic E-state index is 0.0347. The molecule has 3 rings (SSSR count). The summed E-state index contributed by atoms with van der Waals surface area (Å²) in [7, 11) is 1.40. The van der Waals surface area contributed by atoms with E-state index in [2.05, 4.69) is 15.4 Å². The zero-order valence-electron chi connectivity index (χ0n) is 16.9. The molecule has 0 radical (unpaired) electrons. The largest absolute Gasteiger partial charge is 0.387 e. The summed E-state index contributed by atoms with van der Waals surface area (Å²) in [6.07, 6.45) is -1.04. The van der Waals surface area contributed by atoms with E-state index >= 15 is 0 Å². The SMILES string of the molecule is CC(O)c1cc(NC(=O)N2CCC(C(F)(F)Sc3cn(C)nc3C(F)F)CC2)ccn1. The van der Waals surface area contributed by atoms with E-state index < -0.39 is 35.4 Å². The van der Waals surface area contributed by atoms with E-state index in [1.807, 2.05) is 0 Å². The highest BCUT2D eigenvalue weighted by molar-refractivity contribution is 8.00. The second kappa shape index (κ2) is 9.43. The van der Waals surface area contributed by atoms with Gasteiger partial charge in [0.05, 0.1) is 16.7 Å². The average Bonchev–Trinajstić information content (AvgIpc) is 3.08. The Balaban J connectivity index is 1.58. The van der Waals surface area contributed by atoms with Gasteiger partial charge >= 0.3 is 11.3 Å². The number of hydrogen-bond acceptors (Lipinski definition) is 5. The normalized spacial score (nSPS) is 16.6. The van der Waals surface area contributed by atoms with Crippen molar-refractivity contribution < 1.29 is 27.5 Å². The molecule has 170 valence electrons. The third-order valence-electron chi connectivity index (χ3n) is 4.99. The van der Waals surface area contributed by atoms with E-state index in [9.17, 15) is 27.5 Å². The van der Waals surface area contributed by atoms with Crippen molar-refractivity contribution in [1.29, 1.82) is 0 Å². The molecule has 0 aromatic carbocycles. The van der Waals surface area contributed by atoms with E-state index in [1.165, 1.54) is 30.4 Å². The third kappa shape index (κ3) is 5.67. The molecule has 2 aromatic rings. The number of thioether (sulfide) groups is 1. The highest BCUT2D eigenvalue weighted by Gasteiger charge is 2.44. The van der Waals surface area contributed by atoms with Gasteiger partial charge in [0.1, 0.15) is 5.69 Å². The summed E-state index contributed by atoms with van der Waals surface area (Å²) in [5, 5.41) is 12.5. The molecule has 2 aromatic heterocycles. The highest BCUT2D eigenvalue weighted by Crippen LogP contribution is 2.47. The van der Waals surface area contributed by atoms with Gasteiger partial charge in [-0.15, -0.1) is 0 Å². The topological polar surface area (TPSA) is 83.3 Å². The van der Waals surface area contributed by atoms with Gasteiger partial charge in [-0.3, -0.25) is 9.67 Å². The van der Waals surface area contributed by atoms with E-state index in [4.69, 9.17) is 0 Å². The lowest BCUT2D eigenvalue weighted by Gasteiger charge is -2.35. The lowest BCUT2D eigenvalue weighted by Crippen LogP contribution is -2.44. The molecule has 0 bridgehead atoms. The van der Waals surface area contributed by atoms with Crippen LogP contribution in [0.4, 0.5) is 28.0 Å². The molecule has 31 heavy (non-hydrogen) atoms. The molecule has 1 aliphatic heterocycles. The molecule has 2 N–H and O–H groups in total. The number of nitrogens with one attached hydrogen (secondary N) is 1. The molecule has 7 nitrogen and oxygen atoms in total. The summed E-state index contributed by atoms with van der Waals surface area (Å²) in [4.78, 5) is 17.6. The lowest BCUT2D eigenvalue weighted by molar-refractivity contribution is 0.00988. The van der Waals surface area contributed by atoms with Crippen LogP contribution < -0.4 is 5.32 Å².